The molecule has 1 aliphatic heterocycles. The fraction of sp³-hybridized carbons (Fsp3) is 0.533. The van der Waals surface area contributed by atoms with Crippen LogP contribution in [-0.4, -0.2) is 39.2 Å². The number of aromatic nitrogens is 2. The average Bonchev–Trinajstić information content (AvgIpc) is 3.17. The summed E-state index contributed by atoms with van der Waals surface area (Å²) in [5, 5.41) is 10.3. The summed E-state index contributed by atoms with van der Waals surface area (Å²) >= 11 is 0. The van der Waals surface area contributed by atoms with Crippen molar-refractivity contribution in [3.8, 4) is 0 Å². The van der Waals surface area contributed by atoms with Gasteiger partial charge in [-0.15, -0.1) is 0 Å². The molecule has 3 heterocycles. The maximum atomic E-state index is 10.3. The Morgan fingerprint density at radius 2 is 2.10 bits per heavy atom. The monoisotopic (exact) mass is 275 g/mol. The fourth-order valence-corrected chi connectivity index (χ4v) is 2.76. The van der Waals surface area contributed by atoms with E-state index in [-0.39, 0.29) is 0 Å². The van der Waals surface area contributed by atoms with Crippen molar-refractivity contribution in [1.29, 1.82) is 0 Å². The standard InChI is InChI=1S/C15H21N3O2/c19-14(13-5-4-12-20-13)15-16-6-9-18(15)11-10-17-7-2-1-3-8-17/h4-6,9,12,14,19H,1-3,7-8,10-11H2/t14-/m0/s1. The molecular weight excluding hydrogens is 254 g/mol. The number of aliphatic hydroxyl groups is 1. The molecule has 0 saturated carbocycles. The molecule has 0 aliphatic carbocycles. The predicted molar refractivity (Wildman–Crippen MR) is 75.3 cm³/mol. The number of rotatable bonds is 5. The third-order valence-electron chi connectivity index (χ3n) is 3.91. The van der Waals surface area contributed by atoms with Gasteiger partial charge in [0.15, 0.2) is 6.10 Å². The van der Waals surface area contributed by atoms with Gasteiger partial charge in [0.05, 0.1) is 6.26 Å². The quantitative estimate of drug-likeness (QED) is 0.907. The highest BCUT2D eigenvalue weighted by Crippen LogP contribution is 2.20. The van der Waals surface area contributed by atoms with Crippen LogP contribution in [0.25, 0.3) is 0 Å². The summed E-state index contributed by atoms with van der Waals surface area (Å²) in [6.07, 6.45) is 8.38. The van der Waals surface area contributed by atoms with E-state index >= 15 is 0 Å². The number of hydrogen-bond acceptors (Lipinski definition) is 4. The van der Waals surface area contributed by atoms with Crippen LogP contribution in [-0.2, 0) is 6.54 Å². The molecule has 0 amide bonds. The Hall–Kier alpha value is -1.59. The van der Waals surface area contributed by atoms with E-state index in [1.54, 1.807) is 24.6 Å². The van der Waals surface area contributed by atoms with Crippen LogP contribution in [0.2, 0.25) is 0 Å². The van der Waals surface area contributed by atoms with Gasteiger partial charge >= 0.3 is 0 Å². The average molecular weight is 275 g/mol. The lowest BCUT2D eigenvalue weighted by Gasteiger charge is -2.26. The highest BCUT2D eigenvalue weighted by atomic mass is 16.4. The van der Waals surface area contributed by atoms with E-state index in [2.05, 4.69) is 9.88 Å². The zero-order chi connectivity index (χ0) is 13.8. The van der Waals surface area contributed by atoms with E-state index in [0.717, 1.165) is 13.1 Å². The first-order valence-corrected chi connectivity index (χ1v) is 7.29. The molecular formula is C15H21N3O2. The molecule has 0 bridgehead atoms. The van der Waals surface area contributed by atoms with Gasteiger partial charge in [-0.3, -0.25) is 0 Å². The number of likely N-dealkylation sites (tertiary alicyclic amines) is 1. The summed E-state index contributed by atoms with van der Waals surface area (Å²) in [5.41, 5.74) is 0. The minimum Gasteiger partial charge on any atom is -0.466 e. The molecule has 3 rings (SSSR count). The Labute approximate surface area is 118 Å². The lowest BCUT2D eigenvalue weighted by molar-refractivity contribution is 0.171. The van der Waals surface area contributed by atoms with E-state index < -0.39 is 6.10 Å². The number of nitrogens with zero attached hydrogens (tertiary/aromatic N) is 3. The van der Waals surface area contributed by atoms with Crippen molar-refractivity contribution in [2.24, 2.45) is 0 Å². The summed E-state index contributed by atoms with van der Waals surface area (Å²) in [6.45, 7) is 4.23. The Balaban J connectivity index is 1.64. The predicted octanol–water partition coefficient (Wildman–Crippen LogP) is 2.04. The molecule has 0 radical (unpaired) electrons. The number of furan rings is 1. The zero-order valence-corrected chi connectivity index (χ0v) is 11.6. The van der Waals surface area contributed by atoms with Gasteiger partial charge in [0, 0.05) is 25.5 Å². The Kier molecular flexibility index (Phi) is 4.18. The van der Waals surface area contributed by atoms with Gasteiger partial charge in [-0.05, 0) is 38.1 Å². The molecule has 0 spiro atoms. The molecule has 0 aromatic carbocycles. The van der Waals surface area contributed by atoms with Crippen LogP contribution in [0.15, 0.2) is 35.2 Å². The fourth-order valence-electron chi connectivity index (χ4n) is 2.76. The normalized spacial score (nSPS) is 18.2. The minimum atomic E-state index is -0.790. The molecule has 20 heavy (non-hydrogen) atoms. The Morgan fingerprint density at radius 1 is 1.25 bits per heavy atom. The topological polar surface area (TPSA) is 54.4 Å². The highest BCUT2D eigenvalue weighted by Gasteiger charge is 2.19. The van der Waals surface area contributed by atoms with Gasteiger partial charge in [-0.2, -0.15) is 0 Å². The van der Waals surface area contributed by atoms with E-state index in [1.165, 1.54) is 32.4 Å². The van der Waals surface area contributed by atoms with Gasteiger partial charge in [0.1, 0.15) is 11.6 Å². The molecule has 5 heteroatoms. The van der Waals surface area contributed by atoms with Crippen molar-refractivity contribution < 1.29 is 9.52 Å². The maximum absolute atomic E-state index is 10.3. The smallest absolute Gasteiger partial charge is 0.169 e. The lowest BCUT2D eigenvalue weighted by atomic mass is 10.1. The second kappa shape index (κ2) is 6.24. The highest BCUT2D eigenvalue weighted by molar-refractivity contribution is 5.12. The molecule has 1 atom stereocenters. The SMILES string of the molecule is O[C@@H](c1ccco1)c1nccn1CCN1CCCCC1. The summed E-state index contributed by atoms with van der Waals surface area (Å²) in [4.78, 5) is 6.75. The molecule has 1 saturated heterocycles. The number of hydrogen-bond donors (Lipinski definition) is 1. The summed E-state index contributed by atoms with van der Waals surface area (Å²) in [7, 11) is 0. The first-order valence-electron chi connectivity index (χ1n) is 7.29. The molecule has 2 aromatic rings. The number of imidazole rings is 1. The van der Waals surface area contributed by atoms with Crippen LogP contribution in [0.5, 0.6) is 0 Å². The molecule has 1 N–H and O–H groups in total. The van der Waals surface area contributed by atoms with Crippen LogP contribution in [0.3, 0.4) is 0 Å². The van der Waals surface area contributed by atoms with Crippen molar-refractivity contribution in [2.75, 3.05) is 19.6 Å². The first-order chi connectivity index (χ1) is 9.84. The number of piperidine rings is 1. The molecule has 5 nitrogen and oxygen atoms in total. The van der Waals surface area contributed by atoms with Crippen molar-refractivity contribution >= 4 is 0 Å². The van der Waals surface area contributed by atoms with Crippen LogP contribution in [0.4, 0.5) is 0 Å². The van der Waals surface area contributed by atoms with Gasteiger partial charge in [-0.25, -0.2) is 4.98 Å². The summed E-state index contributed by atoms with van der Waals surface area (Å²) in [6, 6.07) is 3.55. The van der Waals surface area contributed by atoms with E-state index in [9.17, 15) is 5.11 Å². The minimum absolute atomic E-state index is 0.537. The van der Waals surface area contributed by atoms with Crippen LogP contribution in [0.1, 0.15) is 37.0 Å². The zero-order valence-electron chi connectivity index (χ0n) is 11.6. The molecule has 0 unspecified atom stereocenters. The van der Waals surface area contributed by atoms with Gasteiger partial charge in [0.25, 0.3) is 0 Å². The molecule has 2 aromatic heterocycles. The largest absolute Gasteiger partial charge is 0.466 e. The van der Waals surface area contributed by atoms with Crippen LogP contribution < -0.4 is 0 Å². The summed E-state index contributed by atoms with van der Waals surface area (Å²) in [5.74, 6) is 1.19. The van der Waals surface area contributed by atoms with Gasteiger partial charge < -0.3 is 19.0 Å². The Morgan fingerprint density at radius 3 is 2.85 bits per heavy atom. The van der Waals surface area contributed by atoms with Crippen molar-refractivity contribution in [3.05, 3.63) is 42.4 Å². The van der Waals surface area contributed by atoms with E-state index in [1.807, 2.05) is 10.8 Å². The molecule has 108 valence electrons. The van der Waals surface area contributed by atoms with Crippen LogP contribution in [0, 0.1) is 0 Å². The van der Waals surface area contributed by atoms with Crippen LogP contribution >= 0.6 is 0 Å². The van der Waals surface area contributed by atoms with Gasteiger partial charge in [0.2, 0.25) is 0 Å². The lowest BCUT2D eigenvalue weighted by Crippen LogP contribution is -2.32. The van der Waals surface area contributed by atoms with E-state index in [0.29, 0.717) is 11.6 Å². The Bertz CT molecular complexity index is 515. The first kappa shape index (κ1) is 13.4. The molecule has 1 fully saturated rings. The third-order valence-corrected chi connectivity index (χ3v) is 3.91. The maximum Gasteiger partial charge on any atom is 0.169 e. The van der Waals surface area contributed by atoms with E-state index in [4.69, 9.17) is 4.42 Å². The summed E-state index contributed by atoms with van der Waals surface area (Å²) < 4.78 is 7.27. The third kappa shape index (κ3) is 2.94. The van der Waals surface area contributed by atoms with Crippen molar-refractivity contribution in [1.82, 2.24) is 14.5 Å². The van der Waals surface area contributed by atoms with Gasteiger partial charge in [-0.1, -0.05) is 6.42 Å². The number of aliphatic hydroxyl groups excluding tert-OH is 1. The molecule has 1 aliphatic rings. The second-order valence-corrected chi connectivity index (χ2v) is 5.30. The van der Waals surface area contributed by atoms with Crippen molar-refractivity contribution in [2.45, 2.75) is 31.9 Å². The second-order valence-electron chi connectivity index (χ2n) is 5.30. The van der Waals surface area contributed by atoms with Crippen molar-refractivity contribution in [3.63, 3.8) is 0 Å².